The zero-order chi connectivity index (χ0) is 19.5. The number of guanidine groups is 1. The molecular formula is C19H30ClIN6O. The highest BCUT2D eigenvalue weighted by Crippen LogP contribution is 2.11. The van der Waals surface area contributed by atoms with Crippen molar-refractivity contribution in [2.45, 2.75) is 32.9 Å². The first-order chi connectivity index (χ1) is 13.1. The summed E-state index contributed by atoms with van der Waals surface area (Å²) in [4.78, 5) is 6.84. The molecule has 0 saturated carbocycles. The Bertz CT molecular complexity index is 707. The van der Waals surface area contributed by atoms with Crippen molar-refractivity contribution >= 4 is 41.5 Å². The van der Waals surface area contributed by atoms with Gasteiger partial charge in [-0.2, -0.15) is 0 Å². The second-order valence-corrected chi connectivity index (χ2v) is 6.69. The molecule has 1 aromatic heterocycles. The molecule has 28 heavy (non-hydrogen) atoms. The molecule has 0 aliphatic heterocycles. The molecule has 9 heteroatoms. The highest BCUT2D eigenvalue weighted by molar-refractivity contribution is 14.0. The van der Waals surface area contributed by atoms with E-state index in [-0.39, 0.29) is 24.0 Å². The Labute approximate surface area is 189 Å². The van der Waals surface area contributed by atoms with Crippen LogP contribution < -0.4 is 5.32 Å². The van der Waals surface area contributed by atoms with E-state index < -0.39 is 0 Å². The smallest absolute Gasteiger partial charge is 0.194 e. The summed E-state index contributed by atoms with van der Waals surface area (Å²) in [6.45, 7) is 5.80. The van der Waals surface area contributed by atoms with Crippen LogP contribution in [0.1, 0.15) is 24.7 Å². The Morgan fingerprint density at radius 1 is 1.32 bits per heavy atom. The number of hydrogen-bond acceptors (Lipinski definition) is 4. The molecule has 0 bridgehead atoms. The van der Waals surface area contributed by atoms with Gasteiger partial charge in [-0.05, 0) is 24.1 Å². The van der Waals surface area contributed by atoms with E-state index in [1.165, 1.54) is 5.56 Å². The predicted octanol–water partition coefficient (Wildman–Crippen LogP) is 3.23. The van der Waals surface area contributed by atoms with Gasteiger partial charge in [0.2, 0.25) is 0 Å². The van der Waals surface area contributed by atoms with Gasteiger partial charge in [0.25, 0.3) is 0 Å². The molecule has 7 nitrogen and oxygen atoms in total. The number of ether oxygens (including phenoxy) is 1. The summed E-state index contributed by atoms with van der Waals surface area (Å²) < 4.78 is 7.18. The SMILES string of the molecule is CCc1nncn1CCNC(=NCCCOC)N(C)Cc1ccc(Cl)cc1.I. The van der Waals surface area contributed by atoms with Gasteiger partial charge >= 0.3 is 0 Å². The van der Waals surface area contributed by atoms with E-state index in [0.717, 1.165) is 49.3 Å². The Morgan fingerprint density at radius 3 is 2.75 bits per heavy atom. The van der Waals surface area contributed by atoms with Crippen LogP contribution in [0.2, 0.25) is 5.02 Å². The molecule has 0 unspecified atom stereocenters. The quantitative estimate of drug-likeness (QED) is 0.226. The fraction of sp³-hybridized carbons (Fsp3) is 0.526. The Hall–Kier alpha value is -1.39. The first-order valence-electron chi connectivity index (χ1n) is 9.23. The summed E-state index contributed by atoms with van der Waals surface area (Å²) in [6.07, 6.45) is 3.53. The molecule has 0 aliphatic rings. The molecule has 0 atom stereocenters. The van der Waals surface area contributed by atoms with Gasteiger partial charge in [0.1, 0.15) is 12.2 Å². The summed E-state index contributed by atoms with van der Waals surface area (Å²) >= 11 is 5.98. The molecule has 2 rings (SSSR count). The molecule has 0 fully saturated rings. The Kier molecular flexibility index (Phi) is 12.1. The maximum atomic E-state index is 5.98. The van der Waals surface area contributed by atoms with Crippen LogP contribution in [0.4, 0.5) is 0 Å². The monoisotopic (exact) mass is 520 g/mol. The van der Waals surface area contributed by atoms with E-state index >= 15 is 0 Å². The molecular weight excluding hydrogens is 491 g/mol. The molecule has 2 aromatic rings. The fourth-order valence-electron chi connectivity index (χ4n) is 2.67. The number of hydrogen-bond donors (Lipinski definition) is 1. The van der Waals surface area contributed by atoms with E-state index in [1.54, 1.807) is 13.4 Å². The van der Waals surface area contributed by atoms with E-state index in [1.807, 2.05) is 31.3 Å². The number of aromatic nitrogens is 3. The van der Waals surface area contributed by atoms with Crippen LogP contribution in [0.5, 0.6) is 0 Å². The van der Waals surface area contributed by atoms with Crippen molar-refractivity contribution in [1.82, 2.24) is 25.0 Å². The minimum atomic E-state index is 0. The van der Waals surface area contributed by atoms with Gasteiger partial charge in [0.15, 0.2) is 5.96 Å². The summed E-state index contributed by atoms with van der Waals surface area (Å²) in [5.74, 6) is 1.86. The first-order valence-corrected chi connectivity index (χ1v) is 9.61. The second-order valence-electron chi connectivity index (χ2n) is 6.26. The van der Waals surface area contributed by atoms with Crippen molar-refractivity contribution < 1.29 is 4.74 Å². The predicted molar refractivity (Wildman–Crippen MR) is 125 cm³/mol. The number of nitrogens with zero attached hydrogens (tertiary/aromatic N) is 5. The van der Waals surface area contributed by atoms with Crippen LogP contribution in [-0.2, 0) is 24.2 Å². The third-order valence-electron chi connectivity index (χ3n) is 4.11. The lowest BCUT2D eigenvalue weighted by Gasteiger charge is -2.23. The third kappa shape index (κ3) is 8.32. The average Bonchev–Trinajstić information content (AvgIpc) is 3.13. The maximum absolute atomic E-state index is 5.98. The average molecular weight is 521 g/mol. The van der Waals surface area contributed by atoms with E-state index in [2.05, 4.69) is 31.9 Å². The molecule has 1 aromatic carbocycles. The number of aryl methyl sites for hydroxylation is 1. The summed E-state index contributed by atoms with van der Waals surface area (Å²) in [7, 11) is 3.74. The van der Waals surface area contributed by atoms with Gasteiger partial charge in [0, 0.05) is 58.4 Å². The Morgan fingerprint density at radius 2 is 2.07 bits per heavy atom. The van der Waals surface area contributed by atoms with Crippen molar-refractivity contribution in [1.29, 1.82) is 0 Å². The minimum Gasteiger partial charge on any atom is -0.385 e. The summed E-state index contributed by atoms with van der Waals surface area (Å²) in [5.41, 5.74) is 1.18. The molecule has 0 radical (unpaired) electrons. The third-order valence-corrected chi connectivity index (χ3v) is 4.36. The lowest BCUT2D eigenvalue weighted by atomic mass is 10.2. The number of methoxy groups -OCH3 is 1. The summed E-state index contributed by atoms with van der Waals surface area (Å²) in [5, 5.41) is 12.3. The molecule has 0 saturated heterocycles. The lowest BCUT2D eigenvalue weighted by molar-refractivity contribution is 0.197. The number of benzene rings is 1. The lowest BCUT2D eigenvalue weighted by Crippen LogP contribution is -2.40. The highest BCUT2D eigenvalue weighted by atomic mass is 127. The van der Waals surface area contributed by atoms with Gasteiger partial charge in [-0.25, -0.2) is 0 Å². The van der Waals surface area contributed by atoms with E-state index in [0.29, 0.717) is 13.2 Å². The maximum Gasteiger partial charge on any atom is 0.194 e. The number of nitrogens with one attached hydrogen (secondary N) is 1. The molecule has 1 N–H and O–H groups in total. The number of aliphatic imine (C=N–C) groups is 1. The van der Waals surface area contributed by atoms with Crippen molar-refractivity contribution in [2.24, 2.45) is 4.99 Å². The van der Waals surface area contributed by atoms with Gasteiger partial charge in [-0.3, -0.25) is 4.99 Å². The van der Waals surface area contributed by atoms with Gasteiger partial charge in [-0.15, -0.1) is 34.2 Å². The van der Waals surface area contributed by atoms with Crippen LogP contribution in [0.15, 0.2) is 35.6 Å². The Balaban J connectivity index is 0.00000392. The minimum absolute atomic E-state index is 0. The largest absolute Gasteiger partial charge is 0.385 e. The molecule has 0 aliphatic carbocycles. The van der Waals surface area contributed by atoms with Crippen LogP contribution in [0.25, 0.3) is 0 Å². The summed E-state index contributed by atoms with van der Waals surface area (Å²) in [6, 6.07) is 7.88. The van der Waals surface area contributed by atoms with Gasteiger partial charge in [0.05, 0.1) is 0 Å². The van der Waals surface area contributed by atoms with Crippen LogP contribution in [0, 0.1) is 0 Å². The van der Waals surface area contributed by atoms with Gasteiger partial charge in [-0.1, -0.05) is 30.7 Å². The van der Waals surface area contributed by atoms with Crippen molar-refractivity contribution in [3.05, 3.63) is 47.0 Å². The molecule has 0 spiro atoms. The van der Waals surface area contributed by atoms with Crippen LogP contribution in [0.3, 0.4) is 0 Å². The zero-order valence-corrected chi connectivity index (χ0v) is 19.9. The molecule has 0 amide bonds. The van der Waals surface area contributed by atoms with E-state index in [4.69, 9.17) is 21.3 Å². The standard InChI is InChI=1S/C19H29ClN6O.HI/c1-4-18-24-23-15-26(18)12-11-22-19(21-10-5-13-27-3)25(2)14-16-6-8-17(20)9-7-16;/h6-9,15H,4-5,10-14H2,1-3H3,(H,21,22);1H. The first kappa shape index (κ1) is 24.6. The van der Waals surface area contributed by atoms with Crippen LogP contribution in [-0.4, -0.2) is 59.5 Å². The highest BCUT2D eigenvalue weighted by Gasteiger charge is 2.08. The van der Waals surface area contributed by atoms with Crippen molar-refractivity contribution in [2.75, 3.05) is 33.9 Å². The van der Waals surface area contributed by atoms with Crippen molar-refractivity contribution in [3.8, 4) is 0 Å². The topological polar surface area (TPSA) is 67.6 Å². The van der Waals surface area contributed by atoms with Gasteiger partial charge < -0.3 is 19.5 Å². The normalized spacial score (nSPS) is 11.2. The number of halogens is 2. The van der Waals surface area contributed by atoms with Crippen molar-refractivity contribution in [3.63, 3.8) is 0 Å². The number of rotatable bonds is 10. The molecule has 156 valence electrons. The molecule has 1 heterocycles. The fourth-order valence-corrected chi connectivity index (χ4v) is 2.80. The zero-order valence-electron chi connectivity index (χ0n) is 16.8. The van der Waals surface area contributed by atoms with Crippen LogP contribution >= 0.6 is 35.6 Å². The van der Waals surface area contributed by atoms with E-state index in [9.17, 15) is 0 Å². The second kappa shape index (κ2) is 13.7.